The number of halogens is 2. The molecule has 0 bridgehead atoms. The molecule has 26 heavy (non-hydrogen) atoms. The van der Waals surface area contributed by atoms with Crippen LogP contribution in [0.25, 0.3) is 5.69 Å². The standard InChI is InChI=1S/C19H15F2N3O2/c1-11-7-8-13(20)10-15(11)22-19(26)18-17(25)9-12(2)24(23-18)16-6-4-3-5-14(16)21/h3-10H,1-2H3,(H,22,26). The Morgan fingerprint density at radius 2 is 1.81 bits per heavy atom. The number of para-hydroxylation sites is 1. The second kappa shape index (κ2) is 6.87. The molecule has 0 saturated heterocycles. The van der Waals surface area contributed by atoms with E-state index in [4.69, 9.17) is 0 Å². The lowest BCUT2D eigenvalue weighted by atomic mass is 10.2. The van der Waals surface area contributed by atoms with Gasteiger partial charge in [0.15, 0.2) is 5.69 Å². The Labute approximate surface area is 147 Å². The fourth-order valence-electron chi connectivity index (χ4n) is 2.48. The van der Waals surface area contributed by atoms with Crippen molar-refractivity contribution in [2.75, 3.05) is 5.32 Å². The van der Waals surface area contributed by atoms with Crippen LogP contribution in [0.4, 0.5) is 14.5 Å². The van der Waals surface area contributed by atoms with E-state index in [9.17, 15) is 18.4 Å². The van der Waals surface area contributed by atoms with E-state index in [1.807, 2.05) is 0 Å². The van der Waals surface area contributed by atoms with Crippen molar-refractivity contribution in [2.24, 2.45) is 0 Å². The monoisotopic (exact) mass is 355 g/mol. The number of aromatic nitrogens is 2. The zero-order valence-corrected chi connectivity index (χ0v) is 14.1. The molecule has 0 aliphatic carbocycles. The zero-order valence-electron chi connectivity index (χ0n) is 14.1. The highest BCUT2D eigenvalue weighted by Crippen LogP contribution is 2.17. The number of carbonyl (C=O) groups is 1. The summed E-state index contributed by atoms with van der Waals surface area (Å²) in [6.07, 6.45) is 0. The maximum atomic E-state index is 14.1. The molecular formula is C19H15F2N3O2. The Hall–Kier alpha value is -3.35. The van der Waals surface area contributed by atoms with Crippen LogP contribution in [-0.2, 0) is 0 Å². The summed E-state index contributed by atoms with van der Waals surface area (Å²) in [4.78, 5) is 24.7. The number of anilines is 1. The Morgan fingerprint density at radius 3 is 2.54 bits per heavy atom. The number of rotatable bonds is 3. The van der Waals surface area contributed by atoms with Gasteiger partial charge in [0, 0.05) is 17.4 Å². The number of carbonyl (C=O) groups excluding carboxylic acids is 1. The van der Waals surface area contributed by atoms with Gasteiger partial charge in [0.1, 0.15) is 17.3 Å². The minimum Gasteiger partial charge on any atom is -0.320 e. The van der Waals surface area contributed by atoms with Gasteiger partial charge in [-0.15, -0.1) is 0 Å². The lowest BCUT2D eigenvalue weighted by Crippen LogP contribution is -2.27. The van der Waals surface area contributed by atoms with Crippen molar-refractivity contribution < 1.29 is 13.6 Å². The van der Waals surface area contributed by atoms with Crippen molar-refractivity contribution in [1.82, 2.24) is 9.78 Å². The van der Waals surface area contributed by atoms with E-state index in [2.05, 4.69) is 10.4 Å². The predicted octanol–water partition coefficient (Wildman–Crippen LogP) is 3.38. The van der Waals surface area contributed by atoms with Crippen LogP contribution >= 0.6 is 0 Å². The quantitative estimate of drug-likeness (QED) is 0.783. The molecule has 2 aromatic carbocycles. The summed E-state index contributed by atoms with van der Waals surface area (Å²) >= 11 is 0. The highest BCUT2D eigenvalue weighted by molar-refractivity contribution is 6.03. The number of nitrogens with one attached hydrogen (secondary N) is 1. The number of amides is 1. The Balaban J connectivity index is 2.04. The second-order valence-electron chi connectivity index (χ2n) is 5.78. The fourth-order valence-corrected chi connectivity index (χ4v) is 2.48. The van der Waals surface area contributed by atoms with Gasteiger partial charge in [0.25, 0.3) is 5.91 Å². The SMILES string of the molecule is Cc1ccc(F)cc1NC(=O)c1nn(-c2ccccc2F)c(C)cc1=O. The molecule has 0 atom stereocenters. The van der Waals surface area contributed by atoms with Gasteiger partial charge in [-0.05, 0) is 43.7 Å². The van der Waals surface area contributed by atoms with Gasteiger partial charge < -0.3 is 5.32 Å². The van der Waals surface area contributed by atoms with E-state index in [1.165, 1.54) is 41.1 Å². The van der Waals surface area contributed by atoms with Crippen LogP contribution in [0, 0.1) is 25.5 Å². The minimum absolute atomic E-state index is 0.112. The molecule has 0 unspecified atom stereocenters. The van der Waals surface area contributed by atoms with Gasteiger partial charge in [0.05, 0.1) is 0 Å². The smallest absolute Gasteiger partial charge is 0.280 e. The Bertz CT molecular complexity index is 1060. The van der Waals surface area contributed by atoms with Crippen LogP contribution in [0.2, 0.25) is 0 Å². The van der Waals surface area contributed by atoms with E-state index < -0.39 is 28.7 Å². The fraction of sp³-hybridized carbons (Fsp3) is 0.105. The molecule has 0 aliphatic rings. The maximum Gasteiger partial charge on any atom is 0.280 e. The first-order valence-corrected chi connectivity index (χ1v) is 7.80. The lowest BCUT2D eigenvalue weighted by Gasteiger charge is -2.12. The number of nitrogens with zero attached hydrogens (tertiary/aromatic N) is 2. The first-order chi connectivity index (χ1) is 12.4. The summed E-state index contributed by atoms with van der Waals surface area (Å²) in [5, 5.41) is 6.48. The summed E-state index contributed by atoms with van der Waals surface area (Å²) in [6.45, 7) is 3.27. The number of hydrogen-bond acceptors (Lipinski definition) is 3. The van der Waals surface area contributed by atoms with Gasteiger partial charge >= 0.3 is 0 Å². The summed E-state index contributed by atoms with van der Waals surface area (Å²) in [7, 11) is 0. The molecule has 3 aromatic rings. The van der Waals surface area contributed by atoms with Gasteiger partial charge in [-0.2, -0.15) is 5.10 Å². The minimum atomic E-state index is -0.797. The molecule has 0 radical (unpaired) electrons. The normalized spacial score (nSPS) is 10.6. The van der Waals surface area contributed by atoms with E-state index in [1.54, 1.807) is 19.9 Å². The van der Waals surface area contributed by atoms with Crippen molar-refractivity contribution in [1.29, 1.82) is 0 Å². The first kappa shape index (κ1) is 17.5. The third-order valence-corrected chi connectivity index (χ3v) is 3.85. The molecule has 1 amide bonds. The van der Waals surface area contributed by atoms with Crippen molar-refractivity contribution in [2.45, 2.75) is 13.8 Å². The molecular weight excluding hydrogens is 340 g/mol. The van der Waals surface area contributed by atoms with Crippen molar-refractivity contribution in [3.63, 3.8) is 0 Å². The molecule has 0 aliphatic heterocycles. The lowest BCUT2D eigenvalue weighted by molar-refractivity contribution is 0.101. The average molecular weight is 355 g/mol. The zero-order chi connectivity index (χ0) is 18.8. The van der Waals surface area contributed by atoms with Crippen LogP contribution in [0.1, 0.15) is 21.7 Å². The van der Waals surface area contributed by atoms with Gasteiger partial charge in [0.2, 0.25) is 5.43 Å². The van der Waals surface area contributed by atoms with Crippen LogP contribution < -0.4 is 10.7 Å². The van der Waals surface area contributed by atoms with E-state index >= 15 is 0 Å². The average Bonchev–Trinajstić information content (AvgIpc) is 2.59. The van der Waals surface area contributed by atoms with E-state index in [0.29, 0.717) is 11.3 Å². The Morgan fingerprint density at radius 1 is 1.08 bits per heavy atom. The largest absolute Gasteiger partial charge is 0.320 e. The van der Waals surface area contributed by atoms with Crippen LogP contribution in [0.15, 0.2) is 53.3 Å². The maximum absolute atomic E-state index is 14.1. The predicted molar refractivity (Wildman–Crippen MR) is 93.6 cm³/mol. The number of aryl methyl sites for hydroxylation is 2. The molecule has 3 rings (SSSR count). The van der Waals surface area contributed by atoms with Crippen molar-refractivity contribution in [3.8, 4) is 5.69 Å². The van der Waals surface area contributed by atoms with E-state index in [0.717, 1.165) is 6.07 Å². The van der Waals surface area contributed by atoms with Crippen LogP contribution in [-0.4, -0.2) is 15.7 Å². The molecule has 132 valence electrons. The molecule has 1 aromatic heterocycles. The third kappa shape index (κ3) is 3.37. The van der Waals surface area contributed by atoms with E-state index in [-0.39, 0.29) is 11.4 Å². The summed E-state index contributed by atoms with van der Waals surface area (Å²) in [5.41, 5.74) is 0.319. The molecule has 7 heteroatoms. The highest BCUT2D eigenvalue weighted by atomic mass is 19.1. The molecule has 1 heterocycles. The molecule has 0 fully saturated rings. The second-order valence-corrected chi connectivity index (χ2v) is 5.78. The first-order valence-electron chi connectivity index (χ1n) is 7.80. The van der Waals surface area contributed by atoms with Crippen molar-refractivity contribution >= 4 is 11.6 Å². The number of benzene rings is 2. The van der Waals surface area contributed by atoms with Crippen LogP contribution in [0.5, 0.6) is 0 Å². The summed E-state index contributed by atoms with van der Waals surface area (Å²) in [5.74, 6) is -1.86. The van der Waals surface area contributed by atoms with Crippen LogP contribution in [0.3, 0.4) is 0 Å². The van der Waals surface area contributed by atoms with Gasteiger partial charge in [-0.1, -0.05) is 18.2 Å². The molecule has 5 nitrogen and oxygen atoms in total. The topological polar surface area (TPSA) is 64.0 Å². The molecule has 0 saturated carbocycles. The van der Waals surface area contributed by atoms with Gasteiger partial charge in [-0.3, -0.25) is 9.59 Å². The third-order valence-electron chi connectivity index (χ3n) is 3.85. The number of hydrogen-bond donors (Lipinski definition) is 1. The summed E-state index contributed by atoms with van der Waals surface area (Å²) < 4.78 is 28.6. The molecule has 1 N–H and O–H groups in total. The Kier molecular flexibility index (Phi) is 4.62. The summed E-state index contributed by atoms with van der Waals surface area (Å²) in [6, 6.07) is 11.0. The van der Waals surface area contributed by atoms with Gasteiger partial charge in [-0.25, -0.2) is 13.5 Å². The molecule has 0 spiro atoms. The van der Waals surface area contributed by atoms with Crippen molar-refractivity contribution in [3.05, 3.63) is 87.3 Å². The highest BCUT2D eigenvalue weighted by Gasteiger charge is 2.17.